The lowest BCUT2D eigenvalue weighted by atomic mass is 10.2. The number of amides is 1. The molecule has 1 aromatic heterocycles. The van der Waals surface area contributed by atoms with Crippen molar-refractivity contribution >= 4 is 34.6 Å². The second-order valence-electron chi connectivity index (χ2n) is 6.04. The van der Waals surface area contributed by atoms with Crippen LogP contribution in [-0.4, -0.2) is 25.1 Å². The number of hydrogen-bond acceptors (Lipinski definition) is 5. The van der Waals surface area contributed by atoms with E-state index in [0.29, 0.717) is 27.9 Å². The number of pyridine rings is 1. The van der Waals surface area contributed by atoms with Gasteiger partial charge < -0.3 is 20.1 Å². The van der Waals surface area contributed by atoms with Crippen LogP contribution in [0.25, 0.3) is 0 Å². The topological polar surface area (TPSA) is 72.5 Å². The Morgan fingerprint density at radius 1 is 1.00 bits per heavy atom. The minimum atomic E-state index is -0.312. The lowest BCUT2D eigenvalue weighted by molar-refractivity contribution is 0.102. The van der Waals surface area contributed by atoms with Gasteiger partial charge >= 0.3 is 0 Å². The predicted molar refractivity (Wildman–Crippen MR) is 111 cm³/mol. The molecule has 0 spiro atoms. The minimum Gasteiger partial charge on any atom is -0.497 e. The van der Waals surface area contributed by atoms with Crippen molar-refractivity contribution in [1.82, 2.24) is 4.98 Å². The number of aromatic nitrogens is 1. The van der Waals surface area contributed by atoms with Gasteiger partial charge in [0, 0.05) is 16.8 Å². The Hall–Kier alpha value is -3.25. The van der Waals surface area contributed by atoms with Crippen molar-refractivity contribution in [2.24, 2.45) is 0 Å². The number of nitrogens with one attached hydrogen (secondary N) is 2. The zero-order valence-corrected chi connectivity index (χ0v) is 16.5. The normalized spacial score (nSPS) is 10.3. The maximum absolute atomic E-state index is 12.4. The number of hydrogen-bond donors (Lipinski definition) is 2. The maximum atomic E-state index is 12.4. The molecule has 6 nitrogen and oxygen atoms in total. The molecule has 0 saturated carbocycles. The minimum absolute atomic E-state index is 0.295. The Labute approximate surface area is 168 Å². The third kappa shape index (κ3) is 4.53. The van der Waals surface area contributed by atoms with Crippen LogP contribution in [0.5, 0.6) is 11.5 Å². The summed E-state index contributed by atoms with van der Waals surface area (Å²) < 4.78 is 10.6. The molecular weight excluding hydrogens is 378 g/mol. The molecule has 1 amide bonds. The van der Waals surface area contributed by atoms with E-state index < -0.39 is 0 Å². The number of ether oxygens (including phenoxy) is 2. The fourth-order valence-corrected chi connectivity index (χ4v) is 2.71. The first kappa shape index (κ1) is 19.5. The molecule has 0 atom stereocenters. The fraction of sp³-hybridized carbons (Fsp3) is 0.143. The molecule has 0 aliphatic carbocycles. The number of methoxy groups -OCH3 is 2. The summed E-state index contributed by atoms with van der Waals surface area (Å²) in [5, 5.41) is 6.59. The highest BCUT2D eigenvalue weighted by Gasteiger charge is 2.10. The van der Waals surface area contributed by atoms with Crippen molar-refractivity contribution < 1.29 is 14.3 Å². The van der Waals surface area contributed by atoms with E-state index in [0.717, 1.165) is 16.9 Å². The second kappa shape index (κ2) is 8.63. The largest absolute Gasteiger partial charge is 0.497 e. The molecule has 0 aliphatic heterocycles. The van der Waals surface area contributed by atoms with Gasteiger partial charge in [-0.25, -0.2) is 4.98 Å². The van der Waals surface area contributed by atoms with Crippen LogP contribution in [0.2, 0.25) is 5.02 Å². The number of benzene rings is 2. The van der Waals surface area contributed by atoms with Gasteiger partial charge in [0.05, 0.1) is 31.8 Å². The van der Waals surface area contributed by atoms with E-state index >= 15 is 0 Å². The summed E-state index contributed by atoms with van der Waals surface area (Å²) in [6.45, 7) is 1.90. The van der Waals surface area contributed by atoms with Gasteiger partial charge in [0.25, 0.3) is 5.91 Å². The van der Waals surface area contributed by atoms with Crippen LogP contribution in [-0.2, 0) is 0 Å². The van der Waals surface area contributed by atoms with Crippen LogP contribution in [0.4, 0.5) is 17.1 Å². The number of carbonyl (C=O) groups is 1. The number of aryl methyl sites for hydroxylation is 1. The average molecular weight is 398 g/mol. The van der Waals surface area contributed by atoms with Crippen molar-refractivity contribution in [1.29, 1.82) is 0 Å². The summed E-state index contributed by atoms with van der Waals surface area (Å²) in [6.07, 6.45) is 1.58. The average Bonchev–Trinajstić information content (AvgIpc) is 2.71. The van der Waals surface area contributed by atoms with E-state index in [1.807, 2.05) is 25.1 Å². The zero-order chi connectivity index (χ0) is 20.1. The zero-order valence-electron chi connectivity index (χ0n) is 15.7. The molecule has 7 heteroatoms. The van der Waals surface area contributed by atoms with Crippen molar-refractivity contribution in [3.8, 4) is 11.5 Å². The number of rotatable bonds is 6. The SMILES string of the molecule is COc1ccc(Nc2ccc(C(=O)Nc3ccc(C)c(Cl)c3)nc2)c(OC)c1. The standard InChI is InChI=1S/C21H20ClN3O3/c1-13-4-5-14(10-17(13)22)25-21(26)19-8-6-15(12-23-19)24-18-9-7-16(27-2)11-20(18)28-3/h4-12,24H,1-3H3,(H,25,26). The number of anilines is 3. The number of nitrogens with zero attached hydrogens (tertiary/aromatic N) is 1. The van der Waals surface area contributed by atoms with E-state index in [4.69, 9.17) is 21.1 Å². The Balaban J connectivity index is 1.71. The van der Waals surface area contributed by atoms with E-state index in [-0.39, 0.29) is 5.91 Å². The maximum Gasteiger partial charge on any atom is 0.274 e. The highest BCUT2D eigenvalue weighted by Crippen LogP contribution is 2.31. The number of halogens is 1. The smallest absolute Gasteiger partial charge is 0.274 e. The molecular formula is C21H20ClN3O3. The lowest BCUT2D eigenvalue weighted by Crippen LogP contribution is -2.13. The third-order valence-electron chi connectivity index (χ3n) is 4.11. The summed E-state index contributed by atoms with van der Waals surface area (Å²) in [5.41, 5.74) is 3.34. The van der Waals surface area contributed by atoms with Crippen LogP contribution in [0.15, 0.2) is 54.7 Å². The van der Waals surface area contributed by atoms with Crippen molar-refractivity contribution in [3.63, 3.8) is 0 Å². The summed E-state index contributed by atoms with van der Waals surface area (Å²) in [7, 11) is 3.18. The summed E-state index contributed by atoms with van der Waals surface area (Å²) in [4.78, 5) is 16.6. The lowest BCUT2D eigenvalue weighted by Gasteiger charge is -2.12. The van der Waals surface area contributed by atoms with Crippen LogP contribution < -0.4 is 20.1 Å². The molecule has 0 bridgehead atoms. The first-order chi connectivity index (χ1) is 13.5. The van der Waals surface area contributed by atoms with Gasteiger partial charge in [0.1, 0.15) is 17.2 Å². The molecule has 1 heterocycles. The fourth-order valence-electron chi connectivity index (χ4n) is 2.53. The summed E-state index contributed by atoms with van der Waals surface area (Å²) in [5.74, 6) is 1.02. The van der Waals surface area contributed by atoms with Crippen LogP contribution in [0.3, 0.4) is 0 Å². The van der Waals surface area contributed by atoms with Gasteiger partial charge in [-0.3, -0.25) is 4.79 Å². The van der Waals surface area contributed by atoms with Gasteiger partial charge in [-0.05, 0) is 48.9 Å². The van der Waals surface area contributed by atoms with Crippen LogP contribution >= 0.6 is 11.6 Å². The Kier molecular flexibility index (Phi) is 6.01. The highest BCUT2D eigenvalue weighted by molar-refractivity contribution is 6.31. The van der Waals surface area contributed by atoms with Crippen molar-refractivity contribution in [3.05, 3.63) is 71.0 Å². The molecule has 144 valence electrons. The first-order valence-corrected chi connectivity index (χ1v) is 8.90. The molecule has 0 aliphatic rings. The van der Waals surface area contributed by atoms with Crippen LogP contribution in [0, 0.1) is 6.92 Å². The Morgan fingerprint density at radius 3 is 2.43 bits per heavy atom. The molecule has 0 unspecified atom stereocenters. The van der Waals surface area contributed by atoms with E-state index in [9.17, 15) is 4.79 Å². The molecule has 28 heavy (non-hydrogen) atoms. The molecule has 0 saturated heterocycles. The van der Waals surface area contributed by atoms with Crippen LogP contribution in [0.1, 0.15) is 16.1 Å². The second-order valence-corrected chi connectivity index (χ2v) is 6.45. The number of carbonyl (C=O) groups excluding carboxylic acids is 1. The van der Waals surface area contributed by atoms with Gasteiger partial charge in [-0.2, -0.15) is 0 Å². The Morgan fingerprint density at radius 2 is 1.79 bits per heavy atom. The summed E-state index contributed by atoms with van der Waals surface area (Å²) >= 11 is 6.09. The highest BCUT2D eigenvalue weighted by atomic mass is 35.5. The molecule has 2 N–H and O–H groups in total. The first-order valence-electron chi connectivity index (χ1n) is 8.53. The van der Waals surface area contributed by atoms with E-state index in [2.05, 4.69) is 15.6 Å². The molecule has 3 rings (SSSR count). The molecule has 2 aromatic carbocycles. The molecule has 0 radical (unpaired) electrons. The third-order valence-corrected chi connectivity index (χ3v) is 4.52. The quantitative estimate of drug-likeness (QED) is 0.608. The van der Waals surface area contributed by atoms with Gasteiger partial charge in [0.2, 0.25) is 0 Å². The summed E-state index contributed by atoms with van der Waals surface area (Å²) in [6, 6.07) is 14.2. The van der Waals surface area contributed by atoms with Crippen molar-refractivity contribution in [2.45, 2.75) is 6.92 Å². The van der Waals surface area contributed by atoms with Crippen molar-refractivity contribution in [2.75, 3.05) is 24.9 Å². The van der Waals surface area contributed by atoms with Gasteiger partial charge in [0.15, 0.2) is 0 Å². The molecule has 0 fully saturated rings. The monoisotopic (exact) mass is 397 g/mol. The van der Waals surface area contributed by atoms with E-state index in [1.54, 1.807) is 50.7 Å². The van der Waals surface area contributed by atoms with Gasteiger partial charge in [-0.1, -0.05) is 17.7 Å². The Bertz CT molecular complexity index is 991. The van der Waals surface area contributed by atoms with E-state index in [1.165, 1.54) is 0 Å². The molecule has 3 aromatic rings. The predicted octanol–water partition coefficient (Wildman–Crippen LogP) is 5.06. The van der Waals surface area contributed by atoms with Gasteiger partial charge in [-0.15, -0.1) is 0 Å².